The van der Waals surface area contributed by atoms with Crippen molar-refractivity contribution in [3.63, 3.8) is 0 Å². The third-order valence-electron chi connectivity index (χ3n) is 5.38. The fourth-order valence-corrected chi connectivity index (χ4v) is 3.64. The van der Waals surface area contributed by atoms with E-state index in [0.717, 1.165) is 18.4 Å². The maximum atomic E-state index is 4.59. The summed E-state index contributed by atoms with van der Waals surface area (Å²) in [5.74, 6) is 1.72. The molecule has 1 saturated heterocycles. The molecule has 1 aromatic rings. The molecule has 1 aliphatic carbocycles. The minimum atomic E-state index is 0.478. The predicted molar refractivity (Wildman–Crippen MR) is 87.2 cm³/mol. The summed E-state index contributed by atoms with van der Waals surface area (Å²) in [6.07, 6.45) is 10.1. The lowest BCUT2D eigenvalue weighted by molar-refractivity contribution is 0.197. The highest BCUT2D eigenvalue weighted by Crippen LogP contribution is 2.37. The maximum absolute atomic E-state index is 4.59. The van der Waals surface area contributed by atoms with Crippen LogP contribution in [0.15, 0.2) is 24.4 Å². The zero-order chi connectivity index (χ0) is 14.5. The Hall–Kier alpha value is -0.930. The molecule has 1 atom stereocenters. The Labute approximate surface area is 129 Å². The van der Waals surface area contributed by atoms with Gasteiger partial charge in [-0.05, 0) is 82.8 Å². The second-order valence-electron chi connectivity index (χ2n) is 6.91. The summed E-state index contributed by atoms with van der Waals surface area (Å²) in [6, 6.07) is 6.80. The zero-order valence-electron chi connectivity index (χ0n) is 13.3. The van der Waals surface area contributed by atoms with Gasteiger partial charge in [0.1, 0.15) is 0 Å². The van der Waals surface area contributed by atoms with E-state index >= 15 is 0 Å². The molecular weight excluding hydrogens is 258 g/mol. The Morgan fingerprint density at radius 2 is 2.05 bits per heavy atom. The van der Waals surface area contributed by atoms with Gasteiger partial charge in [0.15, 0.2) is 0 Å². The molecule has 1 aromatic heterocycles. The Morgan fingerprint density at radius 3 is 2.67 bits per heavy atom. The standard InChI is InChI=1S/C18H29N3/c1-21-13-9-15(10-14-21)8-12-20-18(16-5-4-6-16)17-7-2-3-11-19-17/h2-3,7,11,15-16,18,20H,4-6,8-10,12-14H2,1H3. The van der Waals surface area contributed by atoms with E-state index in [0.29, 0.717) is 6.04 Å². The van der Waals surface area contributed by atoms with E-state index in [1.165, 1.54) is 57.3 Å². The van der Waals surface area contributed by atoms with Crippen LogP contribution in [0.3, 0.4) is 0 Å². The van der Waals surface area contributed by atoms with E-state index in [1.54, 1.807) is 0 Å². The number of rotatable bonds is 6. The second kappa shape index (κ2) is 7.37. The summed E-state index contributed by atoms with van der Waals surface area (Å²) in [5.41, 5.74) is 1.24. The number of pyridine rings is 1. The highest BCUT2D eigenvalue weighted by molar-refractivity contribution is 5.11. The summed E-state index contributed by atoms with van der Waals surface area (Å²) in [5, 5.41) is 3.82. The van der Waals surface area contributed by atoms with Gasteiger partial charge in [-0.1, -0.05) is 12.5 Å². The first-order valence-electron chi connectivity index (χ1n) is 8.66. The number of nitrogens with zero attached hydrogens (tertiary/aromatic N) is 2. The minimum absolute atomic E-state index is 0.478. The lowest BCUT2D eigenvalue weighted by Crippen LogP contribution is -2.35. The molecule has 2 aliphatic rings. The Kier molecular flexibility index (Phi) is 5.26. The molecule has 116 valence electrons. The fraction of sp³-hybridized carbons (Fsp3) is 0.722. The Morgan fingerprint density at radius 1 is 1.24 bits per heavy atom. The van der Waals surface area contributed by atoms with Gasteiger partial charge in [0.25, 0.3) is 0 Å². The van der Waals surface area contributed by atoms with Crippen molar-refractivity contribution in [2.45, 2.75) is 44.6 Å². The number of likely N-dealkylation sites (tertiary alicyclic amines) is 1. The van der Waals surface area contributed by atoms with Crippen molar-refractivity contribution in [3.8, 4) is 0 Å². The molecule has 0 amide bonds. The monoisotopic (exact) mass is 287 g/mol. The summed E-state index contributed by atoms with van der Waals surface area (Å²) >= 11 is 0. The van der Waals surface area contributed by atoms with Gasteiger partial charge in [0.2, 0.25) is 0 Å². The number of piperidine rings is 1. The molecule has 0 spiro atoms. The van der Waals surface area contributed by atoms with Crippen molar-refractivity contribution in [3.05, 3.63) is 30.1 Å². The first-order chi connectivity index (χ1) is 10.3. The normalized spacial score (nSPS) is 22.9. The van der Waals surface area contributed by atoms with Gasteiger partial charge in [-0.2, -0.15) is 0 Å². The van der Waals surface area contributed by atoms with Crippen molar-refractivity contribution in [1.29, 1.82) is 0 Å². The van der Waals surface area contributed by atoms with Gasteiger partial charge >= 0.3 is 0 Å². The quantitative estimate of drug-likeness (QED) is 0.870. The zero-order valence-corrected chi connectivity index (χ0v) is 13.3. The fourth-order valence-electron chi connectivity index (χ4n) is 3.64. The molecule has 0 bridgehead atoms. The molecule has 1 unspecified atom stereocenters. The first kappa shape index (κ1) is 15.0. The van der Waals surface area contributed by atoms with E-state index in [9.17, 15) is 0 Å². The van der Waals surface area contributed by atoms with E-state index < -0.39 is 0 Å². The smallest absolute Gasteiger partial charge is 0.0576 e. The van der Waals surface area contributed by atoms with Crippen LogP contribution in [-0.4, -0.2) is 36.6 Å². The molecule has 2 fully saturated rings. The van der Waals surface area contributed by atoms with E-state index in [-0.39, 0.29) is 0 Å². The molecule has 1 aliphatic heterocycles. The van der Waals surface area contributed by atoms with Gasteiger partial charge in [0, 0.05) is 6.20 Å². The average molecular weight is 287 g/mol. The highest BCUT2D eigenvalue weighted by atomic mass is 15.1. The minimum Gasteiger partial charge on any atom is -0.308 e. The van der Waals surface area contributed by atoms with Gasteiger partial charge in [-0.25, -0.2) is 0 Å². The molecular formula is C18H29N3. The van der Waals surface area contributed by atoms with Crippen LogP contribution in [0.2, 0.25) is 0 Å². The second-order valence-corrected chi connectivity index (χ2v) is 6.91. The van der Waals surface area contributed by atoms with Gasteiger partial charge in [-0.3, -0.25) is 4.98 Å². The van der Waals surface area contributed by atoms with Gasteiger partial charge in [0.05, 0.1) is 11.7 Å². The number of aromatic nitrogens is 1. The van der Waals surface area contributed by atoms with Crippen LogP contribution in [0.25, 0.3) is 0 Å². The van der Waals surface area contributed by atoms with Gasteiger partial charge in [-0.15, -0.1) is 0 Å². The van der Waals surface area contributed by atoms with E-state index in [4.69, 9.17) is 0 Å². The summed E-state index contributed by atoms with van der Waals surface area (Å²) < 4.78 is 0. The topological polar surface area (TPSA) is 28.2 Å². The molecule has 3 rings (SSSR count). The van der Waals surface area contributed by atoms with Crippen LogP contribution in [0, 0.1) is 11.8 Å². The molecule has 3 nitrogen and oxygen atoms in total. The largest absolute Gasteiger partial charge is 0.308 e. The van der Waals surface area contributed by atoms with Gasteiger partial charge < -0.3 is 10.2 Å². The van der Waals surface area contributed by atoms with Crippen molar-refractivity contribution in [2.24, 2.45) is 11.8 Å². The average Bonchev–Trinajstić information content (AvgIpc) is 2.47. The van der Waals surface area contributed by atoms with Crippen molar-refractivity contribution in [2.75, 3.05) is 26.7 Å². The first-order valence-corrected chi connectivity index (χ1v) is 8.66. The van der Waals surface area contributed by atoms with Crippen molar-refractivity contribution in [1.82, 2.24) is 15.2 Å². The third-order valence-corrected chi connectivity index (χ3v) is 5.38. The number of nitrogens with one attached hydrogen (secondary N) is 1. The van der Waals surface area contributed by atoms with Crippen molar-refractivity contribution < 1.29 is 0 Å². The van der Waals surface area contributed by atoms with Crippen LogP contribution >= 0.6 is 0 Å². The third kappa shape index (κ3) is 4.04. The molecule has 1 saturated carbocycles. The molecule has 3 heteroatoms. The molecule has 1 N–H and O–H groups in total. The Balaban J connectivity index is 1.49. The lowest BCUT2D eigenvalue weighted by Gasteiger charge is -2.35. The van der Waals surface area contributed by atoms with Crippen molar-refractivity contribution >= 4 is 0 Å². The predicted octanol–water partition coefficient (Wildman–Crippen LogP) is 3.24. The SMILES string of the molecule is CN1CCC(CCNC(c2ccccn2)C2CCC2)CC1. The number of hydrogen-bond donors (Lipinski definition) is 1. The lowest BCUT2D eigenvalue weighted by atomic mass is 9.78. The summed E-state index contributed by atoms with van der Waals surface area (Å²) in [4.78, 5) is 7.04. The molecule has 21 heavy (non-hydrogen) atoms. The van der Waals surface area contributed by atoms with Crippen LogP contribution in [0.1, 0.15) is 50.3 Å². The van der Waals surface area contributed by atoms with Crippen LogP contribution in [0.5, 0.6) is 0 Å². The van der Waals surface area contributed by atoms with Crippen LogP contribution in [-0.2, 0) is 0 Å². The van der Waals surface area contributed by atoms with Crippen LogP contribution < -0.4 is 5.32 Å². The Bertz CT molecular complexity index is 408. The van der Waals surface area contributed by atoms with E-state index in [2.05, 4.69) is 34.4 Å². The molecule has 0 aromatic carbocycles. The number of hydrogen-bond acceptors (Lipinski definition) is 3. The van der Waals surface area contributed by atoms with E-state index in [1.807, 2.05) is 12.3 Å². The summed E-state index contributed by atoms with van der Waals surface area (Å²) in [6.45, 7) is 3.69. The summed E-state index contributed by atoms with van der Waals surface area (Å²) in [7, 11) is 2.24. The highest BCUT2D eigenvalue weighted by Gasteiger charge is 2.29. The molecule has 2 heterocycles. The van der Waals surface area contributed by atoms with Crippen LogP contribution in [0.4, 0.5) is 0 Å². The molecule has 0 radical (unpaired) electrons. The maximum Gasteiger partial charge on any atom is 0.0576 e.